The number of aryl methyl sites for hydroxylation is 2. The van der Waals surface area contributed by atoms with Crippen molar-refractivity contribution in [2.45, 2.75) is 18.7 Å². The molecule has 0 saturated heterocycles. The van der Waals surface area contributed by atoms with E-state index in [0.717, 1.165) is 9.87 Å². The number of benzene rings is 3. The van der Waals surface area contributed by atoms with Gasteiger partial charge in [-0.25, -0.2) is 18.6 Å². The van der Waals surface area contributed by atoms with E-state index < -0.39 is 28.4 Å². The van der Waals surface area contributed by atoms with E-state index in [1.807, 2.05) is 6.92 Å². The third-order valence-electron chi connectivity index (χ3n) is 4.91. The van der Waals surface area contributed by atoms with Crippen LogP contribution >= 0.6 is 11.6 Å². The number of halogens is 1. The van der Waals surface area contributed by atoms with E-state index in [-0.39, 0.29) is 16.0 Å². The van der Waals surface area contributed by atoms with Crippen LogP contribution in [0.15, 0.2) is 76.7 Å². The number of anilines is 1. The summed E-state index contributed by atoms with van der Waals surface area (Å²) in [6.45, 7) is 2.97. The van der Waals surface area contributed by atoms with Crippen molar-refractivity contribution in [3.8, 4) is 0 Å². The predicted octanol–water partition coefficient (Wildman–Crippen LogP) is 4.00. The highest BCUT2D eigenvalue weighted by atomic mass is 35.5. The van der Waals surface area contributed by atoms with Crippen molar-refractivity contribution in [1.29, 1.82) is 0 Å². The number of nitrogens with zero attached hydrogens (tertiary/aromatic N) is 2. The topological polar surface area (TPSA) is 116 Å². The number of hydrogen-bond acceptors (Lipinski definition) is 5. The monoisotopic (exact) mass is 499 g/mol. The van der Waals surface area contributed by atoms with Gasteiger partial charge in [0, 0.05) is 10.6 Å². The molecule has 0 radical (unpaired) electrons. The number of carbonyl (C=O) groups excluding carboxylic acids is 1. The number of nitrogens with one attached hydrogen (secondary N) is 1. The Kier molecular flexibility index (Phi) is 7.70. The molecule has 0 saturated carbocycles. The maximum absolute atomic E-state index is 13.4. The molecule has 0 unspecified atom stereocenters. The standard InChI is InChI=1S/C24H22ClN3O5S/c1-16-7-10-20(11-8-16)34(32,33)28(22-12-9-19(25)13-17(22)2)15-23(29)27-26-14-18-5-3-4-6-21(18)24(30)31/h3-14H,15H2,1-2H3,(H,27,29)(H,30,31)/b26-14-. The van der Waals surface area contributed by atoms with E-state index in [1.165, 1.54) is 36.5 Å². The van der Waals surface area contributed by atoms with Gasteiger partial charge in [-0.3, -0.25) is 9.10 Å². The van der Waals surface area contributed by atoms with E-state index in [9.17, 15) is 23.1 Å². The van der Waals surface area contributed by atoms with Gasteiger partial charge in [0.2, 0.25) is 0 Å². The zero-order chi connectivity index (χ0) is 24.9. The van der Waals surface area contributed by atoms with Gasteiger partial charge in [-0.05, 0) is 55.8 Å². The quantitative estimate of drug-likeness (QED) is 0.359. The number of sulfonamides is 1. The van der Waals surface area contributed by atoms with Crippen molar-refractivity contribution in [1.82, 2.24) is 5.43 Å². The van der Waals surface area contributed by atoms with Gasteiger partial charge >= 0.3 is 5.97 Å². The molecule has 0 bridgehead atoms. The summed E-state index contributed by atoms with van der Waals surface area (Å²) in [5.41, 5.74) is 4.31. The Labute approximate surface area is 202 Å². The first-order valence-electron chi connectivity index (χ1n) is 10.1. The van der Waals surface area contributed by atoms with Crippen molar-refractivity contribution in [3.05, 3.63) is 94.0 Å². The van der Waals surface area contributed by atoms with Crippen LogP contribution in [-0.4, -0.2) is 38.2 Å². The molecule has 3 aromatic carbocycles. The minimum atomic E-state index is -4.10. The summed E-state index contributed by atoms with van der Waals surface area (Å²) in [7, 11) is -4.10. The summed E-state index contributed by atoms with van der Waals surface area (Å²) < 4.78 is 27.9. The lowest BCUT2D eigenvalue weighted by molar-refractivity contribution is -0.119. The number of aromatic carboxylic acids is 1. The predicted molar refractivity (Wildman–Crippen MR) is 131 cm³/mol. The average Bonchev–Trinajstić information content (AvgIpc) is 2.78. The molecule has 176 valence electrons. The van der Waals surface area contributed by atoms with Gasteiger partial charge in [-0.15, -0.1) is 0 Å². The Balaban J connectivity index is 1.89. The largest absolute Gasteiger partial charge is 0.478 e. The Morgan fingerprint density at radius 3 is 2.38 bits per heavy atom. The maximum atomic E-state index is 13.4. The normalized spacial score (nSPS) is 11.4. The molecule has 2 N–H and O–H groups in total. The van der Waals surface area contributed by atoms with Gasteiger partial charge in [-0.2, -0.15) is 5.10 Å². The fourth-order valence-corrected chi connectivity index (χ4v) is 4.89. The molecule has 0 heterocycles. The molecule has 0 aliphatic carbocycles. The van der Waals surface area contributed by atoms with Crippen LogP contribution in [0.5, 0.6) is 0 Å². The van der Waals surface area contributed by atoms with Gasteiger partial charge in [0.1, 0.15) is 6.54 Å². The summed E-state index contributed by atoms with van der Waals surface area (Å²) in [5, 5.41) is 13.5. The van der Waals surface area contributed by atoms with Crippen molar-refractivity contribution < 1.29 is 23.1 Å². The molecule has 3 aromatic rings. The number of carboxylic acids is 1. The zero-order valence-corrected chi connectivity index (χ0v) is 20.0. The SMILES string of the molecule is Cc1ccc(S(=O)(=O)N(CC(=O)N/N=C\c2ccccc2C(=O)O)c2ccc(Cl)cc2C)cc1. The van der Waals surface area contributed by atoms with Crippen LogP contribution in [0.2, 0.25) is 5.02 Å². The number of hydrazone groups is 1. The van der Waals surface area contributed by atoms with Crippen LogP contribution < -0.4 is 9.73 Å². The summed E-state index contributed by atoms with van der Waals surface area (Å²) in [4.78, 5) is 24.0. The molecular formula is C24H22ClN3O5S. The molecule has 34 heavy (non-hydrogen) atoms. The summed E-state index contributed by atoms with van der Waals surface area (Å²) >= 11 is 6.03. The van der Waals surface area contributed by atoms with Crippen LogP contribution in [0, 0.1) is 13.8 Å². The van der Waals surface area contributed by atoms with Crippen molar-refractivity contribution >= 4 is 45.4 Å². The van der Waals surface area contributed by atoms with Crippen molar-refractivity contribution in [3.63, 3.8) is 0 Å². The highest BCUT2D eigenvalue weighted by Crippen LogP contribution is 2.29. The molecule has 0 aliphatic rings. The zero-order valence-electron chi connectivity index (χ0n) is 18.4. The second-order valence-electron chi connectivity index (χ2n) is 7.44. The molecule has 0 atom stereocenters. The Hall–Kier alpha value is -3.69. The highest BCUT2D eigenvalue weighted by Gasteiger charge is 2.28. The minimum Gasteiger partial charge on any atom is -0.478 e. The first kappa shape index (κ1) is 24.9. The van der Waals surface area contributed by atoms with E-state index >= 15 is 0 Å². The van der Waals surface area contributed by atoms with E-state index in [4.69, 9.17) is 11.6 Å². The van der Waals surface area contributed by atoms with Gasteiger partial charge in [-0.1, -0.05) is 47.5 Å². The van der Waals surface area contributed by atoms with Gasteiger partial charge in [0.05, 0.1) is 22.4 Å². The molecule has 0 aliphatic heterocycles. The third kappa shape index (κ3) is 5.81. The molecule has 1 amide bonds. The first-order chi connectivity index (χ1) is 16.1. The maximum Gasteiger partial charge on any atom is 0.336 e. The average molecular weight is 500 g/mol. The third-order valence-corrected chi connectivity index (χ3v) is 6.92. The van der Waals surface area contributed by atoms with Crippen LogP contribution in [0.1, 0.15) is 27.0 Å². The van der Waals surface area contributed by atoms with Crippen molar-refractivity contribution in [2.24, 2.45) is 5.10 Å². The molecule has 3 rings (SSSR count). The van der Waals surface area contributed by atoms with Crippen LogP contribution in [-0.2, 0) is 14.8 Å². The summed E-state index contributed by atoms with van der Waals surface area (Å²) in [5.74, 6) is -1.85. The number of carbonyl (C=O) groups is 2. The number of carboxylic acid groups (broad SMARTS) is 1. The Morgan fingerprint density at radius 2 is 1.74 bits per heavy atom. The highest BCUT2D eigenvalue weighted by molar-refractivity contribution is 7.92. The molecule has 10 heteroatoms. The van der Waals surface area contributed by atoms with Crippen LogP contribution in [0.3, 0.4) is 0 Å². The smallest absolute Gasteiger partial charge is 0.336 e. The lowest BCUT2D eigenvalue weighted by Crippen LogP contribution is -2.40. The number of rotatable bonds is 8. The van der Waals surface area contributed by atoms with Crippen LogP contribution in [0.25, 0.3) is 0 Å². The van der Waals surface area contributed by atoms with E-state index in [1.54, 1.807) is 43.3 Å². The molecular weight excluding hydrogens is 478 g/mol. The van der Waals surface area contributed by atoms with Gasteiger partial charge in [0.15, 0.2) is 0 Å². The molecule has 0 fully saturated rings. The second kappa shape index (κ2) is 10.5. The Morgan fingerprint density at radius 1 is 1.06 bits per heavy atom. The lowest BCUT2D eigenvalue weighted by atomic mass is 10.1. The van der Waals surface area contributed by atoms with Gasteiger partial charge in [0.25, 0.3) is 15.9 Å². The fraction of sp³-hybridized carbons (Fsp3) is 0.125. The first-order valence-corrected chi connectivity index (χ1v) is 11.9. The molecule has 8 nitrogen and oxygen atoms in total. The van der Waals surface area contributed by atoms with E-state index in [0.29, 0.717) is 16.3 Å². The number of hydrogen-bond donors (Lipinski definition) is 2. The van der Waals surface area contributed by atoms with Gasteiger partial charge < -0.3 is 5.11 Å². The second-order valence-corrected chi connectivity index (χ2v) is 9.74. The molecule has 0 spiro atoms. The fourth-order valence-electron chi connectivity index (χ4n) is 3.18. The summed E-state index contributed by atoms with van der Waals surface area (Å²) in [6.07, 6.45) is 1.19. The Bertz CT molecular complexity index is 1360. The minimum absolute atomic E-state index is 0.0147. The number of amides is 1. The lowest BCUT2D eigenvalue weighted by Gasteiger charge is -2.25. The van der Waals surface area contributed by atoms with Crippen molar-refractivity contribution in [2.75, 3.05) is 10.8 Å². The van der Waals surface area contributed by atoms with Crippen LogP contribution in [0.4, 0.5) is 5.69 Å². The summed E-state index contributed by atoms with van der Waals surface area (Å²) in [6, 6.07) is 17.1. The van der Waals surface area contributed by atoms with E-state index in [2.05, 4.69) is 10.5 Å². The molecule has 0 aromatic heterocycles.